The van der Waals surface area contributed by atoms with Crippen LogP contribution < -0.4 is 10.6 Å². The second-order valence-electron chi connectivity index (χ2n) is 6.83. The Morgan fingerprint density at radius 3 is 2.15 bits per heavy atom. The van der Waals surface area contributed by atoms with Crippen molar-refractivity contribution in [2.45, 2.75) is 38.1 Å². The van der Waals surface area contributed by atoms with Crippen LogP contribution in [0.4, 0.5) is 0 Å². The number of nitrogens with one attached hydrogen (secondary N) is 2. The molecule has 27 heavy (non-hydrogen) atoms. The standard InChI is InChI=1S/C22H24N2O3/c25-20(24-17-11-5-2-6-12-17)15-23-22(27)19-14-8-7-13-18(19)21(26)16-9-3-1-4-10-16/h1,3-4,7-10,13-14,17H,2,5-6,11-12,15H2,(H,23,27)(H,24,25). The normalized spacial score (nSPS) is 14.4. The molecular formula is C22H24N2O3. The maximum atomic E-state index is 12.7. The first-order valence-corrected chi connectivity index (χ1v) is 9.41. The molecule has 2 N–H and O–H groups in total. The van der Waals surface area contributed by atoms with Gasteiger partial charge in [-0.15, -0.1) is 0 Å². The Balaban J connectivity index is 1.63. The van der Waals surface area contributed by atoms with Gasteiger partial charge in [0.25, 0.3) is 5.91 Å². The molecule has 0 saturated heterocycles. The number of hydrogen-bond donors (Lipinski definition) is 2. The molecule has 0 radical (unpaired) electrons. The quantitative estimate of drug-likeness (QED) is 0.774. The van der Waals surface area contributed by atoms with Crippen LogP contribution in [-0.2, 0) is 4.79 Å². The number of hydrogen-bond acceptors (Lipinski definition) is 3. The first-order chi connectivity index (χ1) is 13.1. The fourth-order valence-electron chi connectivity index (χ4n) is 3.41. The van der Waals surface area contributed by atoms with Gasteiger partial charge in [0.2, 0.25) is 5.91 Å². The number of rotatable bonds is 6. The fraction of sp³-hybridized carbons (Fsp3) is 0.318. The van der Waals surface area contributed by atoms with Gasteiger partial charge >= 0.3 is 0 Å². The van der Waals surface area contributed by atoms with Crippen molar-refractivity contribution in [2.75, 3.05) is 6.54 Å². The molecule has 2 aromatic rings. The van der Waals surface area contributed by atoms with Gasteiger partial charge in [-0.3, -0.25) is 14.4 Å². The van der Waals surface area contributed by atoms with E-state index in [1.165, 1.54) is 6.42 Å². The van der Waals surface area contributed by atoms with E-state index < -0.39 is 5.91 Å². The molecule has 0 spiro atoms. The van der Waals surface area contributed by atoms with Crippen molar-refractivity contribution >= 4 is 17.6 Å². The third kappa shape index (κ3) is 5.03. The van der Waals surface area contributed by atoms with Crippen molar-refractivity contribution in [1.82, 2.24) is 10.6 Å². The summed E-state index contributed by atoms with van der Waals surface area (Å²) in [6, 6.07) is 15.7. The highest BCUT2D eigenvalue weighted by molar-refractivity contribution is 6.15. The largest absolute Gasteiger partial charge is 0.352 e. The lowest BCUT2D eigenvalue weighted by molar-refractivity contribution is -0.121. The van der Waals surface area contributed by atoms with Gasteiger partial charge in [-0.05, 0) is 18.9 Å². The van der Waals surface area contributed by atoms with Crippen molar-refractivity contribution in [3.05, 3.63) is 71.3 Å². The minimum Gasteiger partial charge on any atom is -0.352 e. The van der Waals surface area contributed by atoms with Crippen LogP contribution >= 0.6 is 0 Å². The number of carbonyl (C=O) groups is 3. The second-order valence-corrected chi connectivity index (χ2v) is 6.83. The van der Waals surface area contributed by atoms with E-state index in [1.54, 1.807) is 48.5 Å². The highest BCUT2D eigenvalue weighted by Gasteiger charge is 2.19. The number of carbonyl (C=O) groups excluding carboxylic acids is 3. The van der Waals surface area contributed by atoms with E-state index in [-0.39, 0.29) is 29.8 Å². The van der Waals surface area contributed by atoms with E-state index in [0.717, 1.165) is 25.7 Å². The lowest BCUT2D eigenvalue weighted by Crippen LogP contribution is -2.42. The van der Waals surface area contributed by atoms with E-state index in [2.05, 4.69) is 10.6 Å². The average molecular weight is 364 g/mol. The molecular weight excluding hydrogens is 340 g/mol. The maximum absolute atomic E-state index is 12.7. The third-order valence-electron chi connectivity index (χ3n) is 4.83. The second kappa shape index (κ2) is 9.12. The van der Waals surface area contributed by atoms with Gasteiger partial charge < -0.3 is 10.6 Å². The van der Waals surface area contributed by atoms with E-state index in [1.807, 2.05) is 6.07 Å². The minimum atomic E-state index is -0.423. The molecule has 1 aliphatic carbocycles. The Kier molecular flexibility index (Phi) is 6.36. The van der Waals surface area contributed by atoms with Crippen molar-refractivity contribution < 1.29 is 14.4 Å². The molecule has 1 aliphatic rings. The lowest BCUT2D eigenvalue weighted by atomic mass is 9.95. The summed E-state index contributed by atoms with van der Waals surface area (Å²) in [4.78, 5) is 37.4. The minimum absolute atomic E-state index is 0.0941. The fourth-order valence-corrected chi connectivity index (χ4v) is 3.41. The van der Waals surface area contributed by atoms with Gasteiger partial charge in [-0.2, -0.15) is 0 Å². The van der Waals surface area contributed by atoms with Crippen LogP contribution in [0, 0.1) is 0 Å². The zero-order valence-corrected chi connectivity index (χ0v) is 15.2. The number of benzene rings is 2. The number of ketones is 1. The van der Waals surface area contributed by atoms with Crippen LogP contribution in [0.3, 0.4) is 0 Å². The van der Waals surface area contributed by atoms with Crippen LogP contribution in [0.2, 0.25) is 0 Å². The zero-order chi connectivity index (χ0) is 19.1. The van der Waals surface area contributed by atoms with E-state index >= 15 is 0 Å². The molecule has 0 bridgehead atoms. The molecule has 140 valence electrons. The molecule has 2 aromatic carbocycles. The summed E-state index contributed by atoms with van der Waals surface area (Å²) in [5.41, 5.74) is 1.12. The third-order valence-corrected chi connectivity index (χ3v) is 4.83. The van der Waals surface area contributed by atoms with Crippen LogP contribution in [0.1, 0.15) is 58.4 Å². The van der Waals surface area contributed by atoms with Gasteiger partial charge in [0.1, 0.15) is 0 Å². The summed E-state index contributed by atoms with van der Waals surface area (Å²) in [5.74, 6) is -0.830. The smallest absolute Gasteiger partial charge is 0.252 e. The molecule has 1 saturated carbocycles. The van der Waals surface area contributed by atoms with Gasteiger partial charge in [-0.1, -0.05) is 67.8 Å². The number of amides is 2. The van der Waals surface area contributed by atoms with Crippen LogP contribution in [-0.4, -0.2) is 30.2 Å². The first kappa shape index (κ1) is 18.8. The molecule has 3 rings (SSSR count). The maximum Gasteiger partial charge on any atom is 0.252 e. The van der Waals surface area contributed by atoms with Crippen molar-refractivity contribution in [1.29, 1.82) is 0 Å². The summed E-state index contributed by atoms with van der Waals surface area (Å²) >= 11 is 0. The molecule has 5 nitrogen and oxygen atoms in total. The Labute approximate surface area is 159 Å². The molecule has 2 amide bonds. The summed E-state index contributed by atoms with van der Waals surface area (Å²) in [6.45, 7) is -0.0941. The monoisotopic (exact) mass is 364 g/mol. The van der Waals surface area contributed by atoms with Crippen LogP contribution in [0.15, 0.2) is 54.6 Å². The lowest BCUT2D eigenvalue weighted by Gasteiger charge is -2.22. The predicted molar refractivity (Wildman–Crippen MR) is 104 cm³/mol. The summed E-state index contributed by atoms with van der Waals surface area (Å²) < 4.78 is 0. The van der Waals surface area contributed by atoms with Gasteiger partial charge in [0, 0.05) is 17.2 Å². The highest BCUT2D eigenvalue weighted by atomic mass is 16.2. The van der Waals surface area contributed by atoms with Crippen LogP contribution in [0.5, 0.6) is 0 Å². The molecule has 1 fully saturated rings. The molecule has 0 aliphatic heterocycles. The molecule has 0 unspecified atom stereocenters. The Morgan fingerprint density at radius 2 is 1.44 bits per heavy atom. The van der Waals surface area contributed by atoms with E-state index in [9.17, 15) is 14.4 Å². The van der Waals surface area contributed by atoms with Crippen molar-refractivity contribution in [3.8, 4) is 0 Å². The molecule has 5 heteroatoms. The molecule has 0 atom stereocenters. The van der Waals surface area contributed by atoms with Crippen molar-refractivity contribution in [2.24, 2.45) is 0 Å². The molecule has 0 heterocycles. The van der Waals surface area contributed by atoms with Gasteiger partial charge in [0.05, 0.1) is 12.1 Å². The predicted octanol–water partition coefficient (Wildman–Crippen LogP) is 3.10. The topological polar surface area (TPSA) is 75.3 Å². The Bertz CT molecular complexity index is 811. The summed E-state index contributed by atoms with van der Waals surface area (Å²) in [5, 5.41) is 5.60. The zero-order valence-electron chi connectivity index (χ0n) is 15.2. The van der Waals surface area contributed by atoms with E-state index in [0.29, 0.717) is 11.1 Å². The summed E-state index contributed by atoms with van der Waals surface area (Å²) in [6.07, 6.45) is 5.47. The van der Waals surface area contributed by atoms with E-state index in [4.69, 9.17) is 0 Å². The van der Waals surface area contributed by atoms with Crippen LogP contribution in [0.25, 0.3) is 0 Å². The van der Waals surface area contributed by atoms with Crippen molar-refractivity contribution in [3.63, 3.8) is 0 Å². The highest BCUT2D eigenvalue weighted by Crippen LogP contribution is 2.17. The SMILES string of the molecule is O=C(CNC(=O)c1ccccc1C(=O)c1ccccc1)NC1CCCCC1. The summed E-state index contributed by atoms with van der Waals surface area (Å²) in [7, 11) is 0. The Morgan fingerprint density at radius 1 is 0.815 bits per heavy atom. The average Bonchev–Trinajstić information content (AvgIpc) is 2.73. The van der Waals surface area contributed by atoms with Gasteiger partial charge in [0.15, 0.2) is 5.78 Å². The first-order valence-electron chi connectivity index (χ1n) is 9.41. The Hall–Kier alpha value is -2.95. The van der Waals surface area contributed by atoms with Gasteiger partial charge in [-0.25, -0.2) is 0 Å². The molecule has 0 aromatic heterocycles.